The lowest BCUT2D eigenvalue weighted by Gasteiger charge is -2.00. The van der Waals surface area contributed by atoms with E-state index >= 15 is 0 Å². The number of oxime groups is 1. The number of fused-ring (bicyclic) bond motifs is 1. The van der Waals surface area contributed by atoms with Crippen LogP contribution in [0.1, 0.15) is 10.4 Å². The normalized spacial score (nSPS) is 24.5. The van der Waals surface area contributed by atoms with Gasteiger partial charge in [0.15, 0.2) is 0 Å². The number of thiophene rings is 1. The summed E-state index contributed by atoms with van der Waals surface area (Å²) in [5.41, 5.74) is 1.84. The van der Waals surface area contributed by atoms with Gasteiger partial charge in [0.25, 0.3) is 0 Å². The van der Waals surface area contributed by atoms with Crippen molar-refractivity contribution in [2.24, 2.45) is 5.16 Å². The van der Waals surface area contributed by atoms with Crippen LogP contribution in [0.3, 0.4) is 0 Å². The van der Waals surface area contributed by atoms with Crippen LogP contribution < -0.4 is 0 Å². The fourth-order valence-corrected chi connectivity index (χ4v) is 2.34. The van der Waals surface area contributed by atoms with E-state index in [1.54, 1.807) is 11.3 Å². The van der Waals surface area contributed by atoms with E-state index in [-0.39, 0.29) is 0 Å². The molecule has 0 saturated carbocycles. The van der Waals surface area contributed by atoms with Gasteiger partial charge in [0.1, 0.15) is 18.9 Å². The summed E-state index contributed by atoms with van der Waals surface area (Å²) in [6, 6.07) is 2.02. The second-order valence-corrected chi connectivity index (χ2v) is 3.57. The molecule has 12 heavy (non-hydrogen) atoms. The van der Waals surface area contributed by atoms with E-state index in [1.807, 2.05) is 11.4 Å². The van der Waals surface area contributed by atoms with Crippen LogP contribution in [-0.4, -0.2) is 24.0 Å². The Balaban J connectivity index is 2.42. The molecule has 1 N–H and O–H groups in total. The summed E-state index contributed by atoms with van der Waals surface area (Å²) in [5.74, 6) is 0. The zero-order valence-corrected chi connectivity index (χ0v) is 7.47. The number of hydrogen-bond acceptors (Lipinski definition) is 4. The van der Waals surface area contributed by atoms with Crippen molar-refractivity contribution >= 4 is 17.0 Å². The Bertz CT molecular complexity index is 319. The summed E-state index contributed by atoms with van der Waals surface area (Å²) in [4.78, 5) is 5.72. The van der Waals surface area contributed by atoms with Gasteiger partial charge in [0.05, 0.1) is 4.88 Å². The van der Waals surface area contributed by atoms with Gasteiger partial charge in [-0.15, -0.1) is 11.3 Å². The van der Waals surface area contributed by atoms with Crippen LogP contribution in [0.4, 0.5) is 0 Å². The van der Waals surface area contributed by atoms with Crippen LogP contribution in [0.2, 0.25) is 0 Å². The highest BCUT2D eigenvalue weighted by molar-refractivity contribution is 7.12. The lowest BCUT2D eigenvalue weighted by Crippen LogP contribution is -2.15. The molecule has 1 atom stereocenters. The predicted molar refractivity (Wildman–Crippen MR) is 47.6 cm³/mol. The molecule has 0 aliphatic heterocycles. The minimum absolute atomic E-state index is 0.479. The van der Waals surface area contributed by atoms with E-state index in [9.17, 15) is 5.11 Å². The minimum Gasteiger partial charge on any atom is -0.399 e. The van der Waals surface area contributed by atoms with E-state index in [1.165, 1.54) is 12.7 Å². The highest BCUT2D eigenvalue weighted by atomic mass is 32.1. The van der Waals surface area contributed by atoms with Crippen molar-refractivity contribution in [1.29, 1.82) is 0 Å². The number of rotatable bonds is 1. The number of nitrogens with zero attached hydrogens (tertiary/aromatic N) is 1. The smallest absolute Gasteiger partial charge is 0.126 e. The van der Waals surface area contributed by atoms with E-state index in [4.69, 9.17) is 0 Å². The molecule has 4 heteroatoms. The quantitative estimate of drug-likeness (QED) is 0.660. The van der Waals surface area contributed by atoms with Crippen molar-refractivity contribution in [1.82, 2.24) is 0 Å². The molecule has 1 aliphatic carbocycles. The van der Waals surface area contributed by atoms with Gasteiger partial charge >= 0.3 is 0 Å². The van der Waals surface area contributed by atoms with Crippen LogP contribution in [0.25, 0.3) is 0 Å². The number of hydrogen-bond donors (Lipinski definition) is 1. The lowest BCUT2D eigenvalue weighted by molar-refractivity contribution is 0.198. The summed E-state index contributed by atoms with van der Waals surface area (Å²) in [5, 5.41) is 15.3. The Morgan fingerprint density at radius 2 is 2.58 bits per heavy atom. The molecule has 1 aliphatic rings. The molecule has 0 radical (unpaired) electrons. The van der Waals surface area contributed by atoms with Crippen LogP contribution in [0.5, 0.6) is 0 Å². The zero-order chi connectivity index (χ0) is 8.55. The van der Waals surface area contributed by atoms with Crippen molar-refractivity contribution in [2.45, 2.75) is 12.5 Å². The van der Waals surface area contributed by atoms with Crippen LogP contribution in [-0.2, 0) is 11.3 Å². The molecule has 0 amide bonds. The Labute approximate surface area is 74.3 Å². The average molecular weight is 183 g/mol. The molecule has 1 unspecified atom stereocenters. The SMILES string of the molecule is CO/N=C1/c2sccc2CC1O. The van der Waals surface area contributed by atoms with Gasteiger partial charge < -0.3 is 9.94 Å². The average Bonchev–Trinajstić information content (AvgIpc) is 2.56. The topological polar surface area (TPSA) is 41.8 Å². The fourth-order valence-electron chi connectivity index (χ4n) is 1.38. The molecule has 0 bridgehead atoms. The van der Waals surface area contributed by atoms with Crippen LogP contribution >= 0.6 is 11.3 Å². The molecule has 0 fully saturated rings. The van der Waals surface area contributed by atoms with E-state index < -0.39 is 6.10 Å². The summed E-state index contributed by atoms with van der Waals surface area (Å²) in [6.45, 7) is 0. The summed E-state index contributed by atoms with van der Waals surface area (Å²) >= 11 is 1.59. The molecule has 0 aromatic carbocycles. The van der Waals surface area contributed by atoms with Gasteiger partial charge in [-0.25, -0.2) is 0 Å². The van der Waals surface area contributed by atoms with E-state index in [2.05, 4.69) is 9.99 Å². The maximum absolute atomic E-state index is 9.53. The highest BCUT2D eigenvalue weighted by Gasteiger charge is 2.28. The summed E-state index contributed by atoms with van der Waals surface area (Å²) in [7, 11) is 1.49. The van der Waals surface area contributed by atoms with Gasteiger partial charge in [-0.2, -0.15) is 0 Å². The van der Waals surface area contributed by atoms with Crippen molar-refractivity contribution in [2.75, 3.05) is 7.11 Å². The molecular formula is C8H9NO2S. The number of aliphatic hydroxyl groups excluding tert-OH is 1. The van der Waals surface area contributed by atoms with Crippen molar-refractivity contribution in [3.8, 4) is 0 Å². The standard InChI is InChI=1S/C8H9NO2S/c1-11-9-7-6(10)4-5-2-3-12-8(5)7/h2-3,6,10H,4H2,1H3/b9-7+. The Morgan fingerprint density at radius 1 is 1.75 bits per heavy atom. The maximum Gasteiger partial charge on any atom is 0.126 e. The third kappa shape index (κ3) is 1.04. The van der Waals surface area contributed by atoms with Crippen molar-refractivity contribution in [3.63, 3.8) is 0 Å². The van der Waals surface area contributed by atoms with Gasteiger partial charge in [-0.3, -0.25) is 0 Å². The van der Waals surface area contributed by atoms with Crippen LogP contribution in [0.15, 0.2) is 16.6 Å². The van der Waals surface area contributed by atoms with Crippen LogP contribution in [0, 0.1) is 0 Å². The second-order valence-electron chi connectivity index (χ2n) is 2.65. The largest absolute Gasteiger partial charge is 0.399 e. The predicted octanol–water partition coefficient (Wildman–Crippen LogP) is 1.02. The Morgan fingerprint density at radius 3 is 3.33 bits per heavy atom. The first-order valence-electron chi connectivity index (χ1n) is 3.68. The fraction of sp³-hybridized carbons (Fsp3) is 0.375. The van der Waals surface area contributed by atoms with Gasteiger partial charge in [0.2, 0.25) is 0 Å². The molecule has 64 valence electrons. The molecule has 3 nitrogen and oxygen atoms in total. The molecule has 1 heterocycles. The van der Waals surface area contributed by atoms with Gasteiger partial charge in [0, 0.05) is 6.42 Å². The van der Waals surface area contributed by atoms with E-state index in [0.29, 0.717) is 12.1 Å². The molecule has 0 spiro atoms. The first-order valence-corrected chi connectivity index (χ1v) is 4.56. The van der Waals surface area contributed by atoms with Crippen molar-refractivity contribution < 1.29 is 9.94 Å². The third-order valence-corrected chi connectivity index (χ3v) is 2.88. The summed E-state index contributed by atoms with van der Waals surface area (Å²) in [6.07, 6.45) is 0.188. The number of aliphatic hydroxyl groups is 1. The molecule has 1 aromatic rings. The molecule has 2 rings (SSSR count). The second kappa shape index (κ2) is 2.88. The molecular weight excluding hydrogens is 174 g/mol. The zero-order valence-electron chi connectivity index (χ0n) is 6.65. The van der Waals surface area contributed by atoms with Gasteiger partial charge in [-0.1, -0.05) is 5.16 Å². The highest BCUT2D eigenvalue weighted by Crippen LogP contribution is 2.27. The van der Waals surface area contributed by atoms with E-state index in [0.717, 1.165) is 4.88 Å². The maximum atomic E-state index is 9.53. The Hall–Kier alpha value is -0.870. The minimum atomic E-state index is -0.479. The van der Waals surface area contributed by atoms with Gasteiger partial charge in [-0.05, 0) is 17.0 Å². The third-order valence-electron chi connectivity index (χ3n) is 1.90. The Kier molecular flexibility index (Phi) is 1.86. The lowest BCUT2D eigenvalue weighted by atomic mass is 10.2. The monoisotopic (exact) mass is 183 g/mol. The molecule has 1 aromatic heterocycles. The first kappa shape index (κ1) is 7.76. The summed E-state index contributed by atoms with van der Waals surface area (Å²) < 4.78 is 0. The molecule has 0 saturated heterocycles. The first-order chi connectivity index (χ1) is 5.83. The van der Waals surface area contributed by atoms with Crippen molar-refractivity contribution in [3.05, 3.63) is 21.9 Å².